The molecule has 0 saturated heterocycles. The molecular weight excluding hydrogens is 214 g/mol. The van der Waals surface area contributed by atoms with E-state index >= 15 is 0 Å². The van der Waals surface area contributed by atoms with Gasteiger partial charge < -0.3 is 5.73 Å². The summed E-state index contributed by atoms with van der Waals surface area (Å²) in [6.07, 6.45) is 8.18. The van der Waals surface area contributed by atoms with Crippen LogP contribution in [0.4, 0.5) is 5.13 Å². The van der Waals surface area contributed by atoms with E-state index in [1.54, 1.807) is 0 Å². The lowest BCUT2D eigenvalue weighted by Gasteiger charge is -2.09. The number of nitrogens with two attached hydrogens (primary N) is 1. The molecule has 5 heteroatoms. The van der Waals surface area contributed by atoms with Gasteiger partial charge in [0.15, 0.2) is 4.34 Å². The van der Waals surface area contributed by atoms with Crippen LogP contribution >= 0.6 is 23.1 Å². The molecule has 0 atom stereocenters. The maximum Gasteiger partial charge on any atom is 0.203 e. The Morgan fingerprint density at radius 2 is 1.86 bits per heavy atom. The SMILES string of the molecule is Nc1nnc(SC2CCCCCC2)s1. The second kappa shape index (κ2) is 4.98. The van der Waals surface area contributed by atoms with Crippen molar-refractivity contribution in [1.29, 1.82) is 0 Å². The van der Waals surface area contributed by atoms with Crippen molar-refractivity contribution < 1.29 is 0 Å². The predicted molar refractivity (Wildman–Crippen MR) is 61.7 cm³/mol. The standard InChI is InChI=1S/C9H15N3S2/c10-8-11-12-9(14-8)13-7-5-3-1-2-4-6-7/h7H,1-6H2,(H2,10,11). The quantitative estimate of drug-likeness (QED) is 0.792. The number of nitrogen functional groups attached to an aromatic ring is 1. The molecule has 1 heterocycles. The van der Waals surface area contributed by atoms with Crippen molar-refractivity contribution in [2.24, 2.45) is 0 Å². The molecule has 0 amide bonds. The summed E-state index contributed by atoms with van der Waals surface area (Å²) in [5.74, 6) is 0. The molecule has 1 aliphatic carbocycles. The second-order valence-electron chi connectivity index (χ2n) is 3.64. The molecule has 1 aromatic rings. The number of nitrogens with zero attached hydrogens (tertiary/aromatic N) is 2. The third-order valence-electron chi connectivity index (χ3n) is 2.49. The zero-order chi connectivity index (χ0) is 9.80. The fraction of sp³-hybridized carbons (Fsp3) is 0.778. The van der Waals surface area contributed by atoms with E-state index in [0.717, 1.165) is 9.59 Å². The van der Waals surface area contributed by atoms with Crippen LogP contribution < -0.4 is 5.73 Å². The molecule has 0 radical (unpaired) electrons. The van der Waals surface area contributed by atoms with Gasteiger partial charge in [0, 0.05) is 5.25 Å². The summed E-state index contributed by atoms with van der Waals surface area (Å²) in [5, 5.41) is 9.20. The van der Waals surface area contributed by atoms with Gasteiger partial charge in [-0.15, -0.1) is 10.2 Å². The molecule has 3 nitrogen and oxygen atoms in total. The number of hydrogen-bond donors (Lipinski definition) is 1. The molecule has 2 rings (SSSR count). The smallest absolute Gasteiger partial charge is 0.203 e. The van der Waals surface area contributed by atoms with Crippen LogP contribution in [-0.4, -0.2) is 15.4 Å². The van der Waals surface area contributed by atoms with Gasteiger partial charge in [-0.3, -0.25) is 0 Å². The van der Waals surface area contributed by atoms with Gasteiger partial charge in [-0.25, -0.2) is 0 Å². The Kier molecular flexibility index (Phi) is 3.64. The number of rotatable bonds is 2. The van der Waals surface area contributed by atoms with Crippen molar-refractivity contribution in [3.8, 4) is 0 Å². The van der Waals surface area contributed by atoms with Crippen molar-refractivity contribution >= 4 is 28.2 Å². The third kappa shape index (κ3) is 2.85. The first-order valence-electron chi connectivity index (χ1n) is 5.10. The molecule has 0 unspecified atom stereocenters. The highest BCUT2D eigenvalue weighted by atomic mass is 32.2. The fourth-order valence-corrected chi connectivity index (χ4v) is 3.91. The molecule has 0 aromatic carbocycles. The number of hydrogen-bond acceptors (Lipinski definition) is 5. The zero-order valence-corrected chi connectivity index (χ0v) is 9.74. The first-order chi connectivity index (χ1) is 6.84. The topological polar surface area (TPSA) is 51.8 Å². The summed E-state index contributed by atoms with van der Waals surface area (Å²) in [7, 11) is 0. The first-order valence-corrected chi connectivity index (χ1v) is 6.80. The molecule has 14 heavy (non-hydrogen) atoms. The lowest BCUT2D eigenvalue weighted by Crippen LogP contribution is -1.99. The molecule has 0 aliphatic heterocycles. The molecule has 1 aromatic heterocycles. The molecular formula is C9H15N3S2. The maximum absolute atomic E-state index is 5.55. The van der Waals surface area contributed by atoms with Gasteiger partial charge in [-0.05, 0) is 12.8 Å². The van der Waals surface area contributed by atoms with E-state index in [-0.39, 0.29) is 0 Å². The minimum atomic E-state index is 0.584. The lowest BCUT2D eigenvalue weighted by molar-refractivity contribution is 0.702. The van der Waals surface area contributed by atoms with Crippen LogP contribution in [0.2, 0.25) is 0 Å². The zero-order valence-electron chi connectivity index (χ0n) is 8.11. The van der Waals surface area contributed by atoms with E-state index in [9.17, 15) is 0 Å². The Labute approximate surface area is 92.5 Å². The lowest BCUT2D eigenvalue weighted by atomic mass is 10.2. The number of aromatic nitrogens is 2. The van der Waals surface area contributed by atoms with Gasteiger partial charge in [-0.2, -0.15) is 0 Å². The molecule has 0 spiro atoms. The molecule has 1 saturated carbocycles. The van der Waals surface area contributed by atoms with E-state index in [4.69, 9.17) is 5.73 Å². The average molecular weight is 229 g/mol. The van der Waals surface area contributed by atoms with Crippen molar-refractivity contribution in [3.05, 3.63) is 0 Å². The van der Waals surface area contributed by atoms with Crippen LogP contribution in [-0.2, 0) is 0 Å². The van der Waals surface area contributed by atoms with E-state index in [1.807, 2.05) is 11.8 Å². The largest absolute Gasteiger partial charge is 0.374 e. The van der Waals surface area contributed by atoms with E-state index in [2.05, 4.69) is 10.2 Å². The summed E-state index contributed by atoms with van der Waals surface area (Å²) >= 11 is 3.37. The predicted octanol–water partition coefficient (Wildman–Crippen LogP) is 2.94. The summed E-state index contributed by atoms with van der Waals surface area (Å²) < 4.78 is 1.04. The monoisotopic (exact) mass is 229 g/mol. The van der Waals surface area contributed by atoms with Crippen LogP contribution in [0, 0.1) is 0 Å². The summed E-state index contributed by atoms with van der Waals surface area (Å²) in [6.45, 7) is 0. The second-order valence-corrected chi connectivity index (χ2v) is 6.19. The summed E-state index contributed by atoms with van der Waals surface area (Å²) in [5.41, 5.74) is 5.55. The van der Waals surface area contributed by atoms with Gasteiger partial charge >= 0.3 is 0 Å². The van der Waals surface area contributed by atoms with Crippen LogP contribution in [0.15, 0.2) is 4.34 Å². The van der Waals surface area contributed by atoms with Gasteiger partial charge in [0.25, 0.3) is 0 Å². The van der Waals surface area contributed by atoms with Crippen molar-refractivity contribution in [3.63, 3.8) is 0 Å². The minimum absolute atomic E-state index is 0.584. The van der Waals surface area contributed by atoms with Crippen molar-refractivity contribution in [2.75, 3.05) is 5.73 Å². The summed E-state index contributed by atoms with van der Waals surface area (Å²) in [6, 6.07) is 0. The van der Waals surface area contributed by atoms with Crippen molar-refractivity contribution in [1.82, 2.24) is 10.2 Å². The van der Waals surface area contributed by atoms with E-state index in [1.165, 1.54) is 49.9 Å². The molecule has 0 bridgehead atoms. The molecule has 1 fully saturated rings. The van der Waals surface area contributed by atoms with Gasteiger partial charge in [0.2, 0.25) is 5.13 Å². The van der Waals surface area contributed by atoms with Crippen LogP contribution in [0.3, 0.4) is 0 Å². The first kappa shape index (κ1) is 10.2. The normalized spacial score (nSPS) is 19.4. The average Bonchev–Trinajstić information content (AvgIpc) is 2.43. The van der Waals surface area contributed by atoms with Gasteiger partial charge in [0.05, 0.1) is 0 Å². The molecule has 78 valence electrons. The highest BCUT2D eigenvalue weighted by molar-refractivity contribution is 8.01. The Bertz CT molecular complexity index is 279. The third-order valence-corrected chi connectivity index (χ3v) is 4.67. The van der Waals surface area contributed by atoms with Crippen LogP contribution in [0.1, 0.15) is 38.5 Å². The number of thioether (sulfide) groups is 1. The molecule has 1 aliphatic rings. The van der Waals surface area contributed by atoms with E-state index in [0.29, 0.717) is 5.13 Å². The van der Waals surface area contributed by atoms with E-state index < -0.39 is 0 Å². The van der Waals surface area contributed by atoms with Gasteiger partial charge in [-0.1, -0.05) is 48.8 Å². The Morgan fingerprint density at radius 1 is 1.14 bits per heavy atom. The van der Waals surface area contributed by atoms with Crippen LogP contribution in [0.5, 0.6) is 0 Å². The van der Waals surface area contributed by atoms with Crippen LogP contribution in [0.25, 0.3) is 0 Å². The highest BCUT2D eigenvalue weighted by Gasteiger charge is 2.15. The Balaban J connectivity index is 1.89. The maximum atomic E-state index is 5.55. The Hall–Kier alpha value is -0.290. The minimum Gasteiger partial charge on any atom is -0.374 e. The number of anilines is 1. The highest BCUT2D eigenvalue weighted by Crippen LogP contribution is 2.34. The molecule has 2 N–H and O–H groups in total. The Morgan fingerprint density at radius 3 is 2.43 bits per heavy atom. The summed E-state index contributed by atoms with van der Waals surface area (Å²) in [4.78, 5) is 0. The van der Waals surface area contributed by atoms with Gasteiger partial charge in [0.1, 0.15) is 0 Å². The van der Waals surface area contributed by atoms with Crippen molar-refractivity contribution in [2.45, 2.75) is 48.1 Å². The fourth-order valence-electron chi connectivity index (χ4n) is 1.77.